The van der Waals surface area contributed by atoms with E-state index < -0.39 is 11.6 Å². The molecule has 0 radical (unpaired) electrons. The van der Waals surface area contributed by atoms with Gasteiger partial charge < -0.3 is 10.8 Å². The summed E-state index contributed by atoms with van der Waals surface area (Å²) >= 11 is 0. The zero-order valence-corrected chi connectivity index (χ0v) is 10.9. The maximum absolute atomic E-state index is 13.1. The number of hydrogen-bond donors (Lipinski definition) is 2. The van der Waals surface area contributed by atoms with Crippen molar-refractivity contribution >= 4 is 6.09 Å². The van der Waals surface area contributed by atoms with Gasteiger partial charge in [0.2, 0.25) is 0 Å². The van der Waals surface area contributed by atoms with Gasteiger partial charge in [-0.05, 0) is 44.0 Å². The van der Waals surface area contributed by atoms with Gasteiger partial charge in [0, 0.05) is 18.6 Å². The van der Waals surface area contributed by atoms with E-state index in [0.717, 1.165) is 5.56 Å². The summed E-state index contributed by atoms with van der Waals surface area (Å²) in [6, 6.07) is 4.24. The van der Waals surface area contributed by atoms with Gasteiger partial charge in [0.15, 0.2) is 0 Å². The highest BCUT2D eigenvalue weighted by molar-refractivity contribution is 5.66. The second kappa shape index (κ2) is 5.35. The first-order valence-corrected chi connectivity index (χ1v) is 5.73. The lowest BCUT2D eigenvalue weighted by atomic mass is 10.0. The van der Waals surface area contributed by atoms with Crippen molar-refractivity contribution < 1.29 is 14.3 Å². The van der Waals surface area contributed by atoms with Gasteiger partial charge in [-0.3, -0.25) is 4.90 Å². The standard InChI is InChI=1S/C13H19FN2O2/c1-13(2,3)16(12(17)18)8-9-4-5-11(14)6-10(9)7-15/h4-6H,7-8,15H2,1-3H3,(H,17,18). The van der Waals surface area contributed by atoms with E-state index >= 15 is 0 Å². The fraction of sp³-hybridized carbons (Fsp3) is 0.462. The molecule has 100 valence electrons. The maximum Gasteiger partial charge on any atom is 0.408 e. The number of nitrogens with zero attached hydrogens (tertiary/aromatic N) is 1. The van der Waals surface area contributed by atoms with E-state index in [2.05, 4.69) is 0 Å². The highest BCUT2D eigenvalue weighted by Gasteiger charge is 2.26. The summed E-state index contributed by atoms with van der Waals surface area (Å²) in [7, 11) is 0. The van der Waals surface area contributed by atoms with Crippen molar-refractivity contribution in [3.05, 3.63) is 35.1 Å². The van der Waals surface area contributed by atoms with Crippen LogP contribution < -0.4 is 5.73 Å². The maximum atomic E-state index is 13.1. The summed E-state index contributed by atoms with van der Waals surface area (Å²) in [6.45, 7) is 5.82. The Morgan fingerprint density at radius 1 is 1.39 bits per heavy atom. The lowest BCUT2D eigenvalue weighted by Crippen LogP contribution is -2.44. The molecule has 0 fully saturated rings. The molecule has 0 unspecified atom stereocenters. The third-order valence-electron chi connectivity index (χ3n) is 2.76. The van der Waals surface area contributed by atoms with Crippen molar-refractivity contribution in [1.82, 2.24) is 4.90 Å². The molecular weight excluding hydrogens is 235 g/mol. The van der Waals surface area contributed by atoms with Crippen molar-refractivity contribution in [2.45, 2.75) is 39.4 Å². The summed E-state index contributed by atoms with van der Waals surface area (Å²) in [5.74, 6) is -0.364. The molecule has 5 heteroatoms. The van der Waals surface area contributed by atoms with Crippen LogP contribution in [0.2, 0.25) is 0 Å². The van der Waals surface area contributed by atoms with Crippen LogP contribution in [0.15, 0.2) is 18.2 Å². The molecule has 0 aliphatic carbocycles. The van der Waals surface area contributed by atoms with Gasteiger partial charge in [0.25, 0.3) is 0 Å². The van der Waals surface area contributed by atoms with Crippen LogP contribution in [0.25, 0.3) is 0 Å². The largest absolute Gasteiger partial charge is 0.465 e. The zero-order valence-electron chi connectivity index (χ0n) is 10.9. The summed E-state index contributed by atoms with van der Waals surface area (Å²) < 4.78 is 13.1. The van der Waals surface area contributed by atoms with E-state index in [4.69, 9.17) is 5.73 Å². The number of benzene rings is 1. The van der Waals surface area contributed by atoms with Crippen LogP contribution in [0, 0.1) is 5.82 Å². The van der Waals surface area contributed by atoms with Crippen LogP contribution in [0.3, 0.4) is 0 Å². The molecule has 0 aliphatic rings. The van der Waals surface area contributed by atoms with Crippen molar-refractivity contribution in [2.75, 3.05) is 0 Å². The molecule has 0 aliphatic heterocycles. The molecule has 1 aromatic rings. The second-order valence-corrected chi connectivity index (χ2v) is 5.16. The Balaban J connectivity index is 3.05. The monoisotopic (exact) mass is 254 g/mol. The number of carbonyl (C=O) groups is 1. The van der Waals surface area contributed by atoms with Gasteiger partial charge in [-0.15, -0.1) is 0 Å². The number of rotatable bonds is 3. The molecular formula is C13H19FN2O2. The van der Waals surface area contributed by atoms with Crippen LogP contribution in [0.5, 0.6) is 0 Å². The lowest BCUT2D eigenvalue weighted by Gasteiger charge is -2.33. The van der Waals surface area contributed by atoms with Crippen molar-refractivity contribution in [3.8, 4) is 0 Å². The molecule has 0 saturated carbocycles. The van der Waals surface area contributed by atoms with Crippen molar-refractivity contribution in [1.29, 1.82) is 0 Å². The smallest absolute Gasteiger partial charge is 0.408 e. The SMILES string of the molecule is CC(C)(C)N(Cc1ccc(F)cc1CN)C(=O)O. The minimum absolute atomic E-state index is 0.185. The Morgan fingerprint density at radius 2 is 2.00 bits per heavy atom. The summed E-state index contributed by atoms with van der Waals surface area (Å²) in [5.41, 5.74) is 6.39. The topological polar surface area (TPSA) is 66.6 Å². The zero-order chi connectivity index (χ0) is 13.9. The predicted octanol–water partition coefficient (Wildman–Crippen LogP) is 2.56. The van der Waals surface area contributed by atoms with Gasteiger partial charge in [0.1, 0.15) is 5.82 Å². The van der Waals surface area contributed by atoms with E-state index in [1.165, 1.54) is 17.0 Å². The van der Waals surface area contributed by atoms with Crippen LogP contribution >= 0.6 is 0 Å². The first kappa shape index (κ1) is 14.4. The van der Waals surface area contributed by atoms with E-state index in [1.807, 2.05) is 20.8 Å². The number of amides is 1. The molecule has 4 nitrogen and oxygen atoms in total. The Hall–Kier alpha value is -1.62. The van der Waals surface area contributed by atoms with E-state index in [1.54, 1.807) is 6.07 Å². The average molecular weight is 254 g/mol. The van der Waals surface area contributed by atoms with Gasteiger partial charge in [0.05, 0.1) is 0 Å². The molecule has 0 saturated heterocycles. The Bertz CT molecular complexity index is 441. The fourth-order valence-electron chi connectivity index (χ4n) is 1.70. The fourth-order valence-corrected chi connectivity index (χ4v) is 1.70. The minimum Gasteiger partial charge on any atom is -0.465 e. The molecule has 1 aromatic carbocycles. The summed E-state index contributed by atoms with van der Waals surface area (Å²) in [4.78, 5) is 12.5. The average Bonchev–Trinajstić information content (AvgIpc) is 2.24. The molecule has 0 spiro atoms. The highest BCUT2D eigenvalue weighted by atomic mass is 19.1. The molecule has 18 heavy (non-hydrogen) atoms. The molecule has 0 heterocycles. The predicted molar refractivity (Wildman–Crippen MR) is 67.6 cm³/mol. The molecule has 0 aromatic heterocycles. The number of nitrogens with two attached hydrogens (primary N) is 1. The Kier molecular flexibility index (Phi) is 4.29. The van der Waals surface area contributed by atoms with Gasteiger partial charge in [-0.2, -0.15) is 0 Å². The highest BCUT2D eigenvalue weighted by Crippen LogP contribution is 2.20. The lowest BCUT2D eigenvalue weighted by molar-refractivity contribution is 0.0954. The van der Waals surface area contributed by atoms with Gasteiger partial charge in [-0.25, -0.2) is 9.18 Å². The molecule has 1 rings (SSSR count). The van der Waals surface area contributed by atoms with Crippen LogP contribution in [-0.2, 0) is 13.1 Å². The van der Waals surface area contributed by atoms with Crippen molar-refractivity contribution in [3.63, 3.8) is 0 Å². The van der Waals surface area contributed by atoms with E-state index in [-0.39, 0.29) is 18.9 Å². The summed E-state index contributed by atoms with van der Waals surface area (Å²) in [5, 5.41) is 9.21. The van der Waals surface area contributed by atoms with Crippen LogP contribution in [0.1, 0.15) is 31.9 Å². The Morgan fingerprint density at radius 3 is 2.44 bits per heavy atom. The first-order valence-electron chi connectivity index (χ1n) is 5.73. The number of halogens is 1. The van der Waals surface area contributed by atoms with E-state index in [0.29, 0.717) is 5.56 Å². The molecule has 1 amide bonds. The number of hydrogen-bond acceptors (Lipinski definition) is 2. The third-order valence-corrected chi connectivity index (χ3v) is 2.76. The van der Waals surface area contributed by atoms with Crippen LogP contribution in [0.4, 0.5) is 9.18 Å². The van der Waals surface area contributed by atoms with Gasteiger partial charge >= 0.3 is 6.09 Å². The molecule has 3 N–H and O–H groups in total. The van der Waals surface area contributed by atoms with Crippen molar-refractivity contribution in [2.24, 2.45) is 5.73 Å². The third kappa shape index (κ3) is 3.43. The first-order chi connectivity index (χ1) is 8.25. The minimum atomic E-state index is -1.00. The normalized spacial score (nSPS) is 11.4. The second-order valence-electron chi connectivity index (χ2n) is 5.16. The summed E-state index contributed by atoms with van der Waals surface area (Å²) in [6.07, 6.45) is -1.00. The van der Waals surface area contributed by atoms with E-state index in [9.17, 15) is 14.3 Å². The molecule has 0 atom stereocenters. The molecule has 0 bridgehead atoms. The number of carboxylic acid groups (broad SMARTS) is 1. The Labute approximate surface area is 106 Å². The van der Waals surface area contributed by atoms with Gasteiger partial charge in [-0.1, -0.05) is 6.07 Å². The quantitative estimate of drug-likeness (QED) is 0.871. The van der Waals surface area contributed by atoms with Crippen LogP contribution in [-0.4, -0.2) is 21.6 Å².